The zero-order valence-electron chi connectivity index (χ0n) is 11.2. The maximum Gasteiger partial charge on any atom is 0.222 e. The van der Waals surface area contributed by atoms with Gasteiger partial charge in [-0.15, -0.1) is 0 Å². The molecule has 3 heteroatoms. The predicted molar refractivity (Wildman–Crippen MR) is 73.4 cm³/mol. The Labute approximate surface area is 109 Å². The van der Waals surface area contributed by atoms with Gasteiger partial charge in [0, 0.05) is 12.5 Å². The number of hydrogen-bond donors (Lipinski definition) is 2. The van der Waals surface area contributed by atoms with Crippen molar-refractivity contribution in [1.29, 1.82) is 0 Å². The molecule has 18 heavy (non-hydrogen) atoms. The minimum atomic E-state index is 0.0834. The smallest absolute Gasteiger partial charge is 0.222 e. The predicted octanol–water partition coefficient (Wildman–Crippen LogP) is 2.31. The largest absolute Gasteiger partial charge is 0.350 e. The van der Waals surface area contributed by atoms with Crippen LogP contribution >= 0.6 is 0 Å². The Morgan fingerprint density at radius 3 is 2.94 bits per heavy atom. The van der Waals surface area contributed by atoms with Gasteiger partial charge >= 0.3 is 0 Å². The number of carbonyl (C=O) groups is 1. The van der Waals surface area contributed by atoms with Gasteiger partial charge in [-0.05, 0) is 44.4 Å². The standard InChI is InChI=1S/C15H22N2O/c1-11-6-3-4-8-14(11)12(2)17-15(18)10-13-7-5-9-16-13/h3-4,6,8,12-13,16H,5,7,9-10H2,1-2H3,(H,17,18)/t12-,13?/m0/s1. The molecule has 3 nitrogen and oxygen atoms in total. The molecule has 0 aliphatic carbocycles. The van der Waals surface area contributed by atoms with Crippen LogP contribution in [-0.4, -0.2) is 18.5 Å². The summed E-state index contributed by atoms with van der Waals surface area (Å²) in [4.78, 5) is 11.9. The van der Waals surface area contributed by atoms with E-state index in [1.807, 2.05) is 19.1 Å². The van der Waals surface area contributed by atoms with E-state index in [1.54, 1.807) is 0 Å². The van der Waals surface area contributed by atoms with Gasteiger partial charge in [0.1, 0.15) is 0 Å². The van der Waals surface area contributed by atoms with E-state index in [-0.39, 0.29) is 11.9 Å². The molecule has 0 aromatic heterocycles. The van der Waals surface area contributed by atoms with Crippen LogP contribution < -0.4 is 10.6 Å². The van der Waals surface area contributed by atoms with Gasteiger partial charge in [-0.2, -0.15) is 0 Å². The summed E-state index contributed by atoms with van der Waals surface area (Å²) in [6.45, 7) is 5.17. The van der Waals surface area contributed by atoms with Gasteiger partial charge in [0.2, 0.25) is 5.91 Å². The molecule has 0 spiro atoms. The molecule has 1 aliphatic rings. The number of benzene rings is 1. The molecule has 98 valence electrons. The molecule has 1 amide bonds. The molecule has 1 unspecified atom stereocenters. The van der Waals surface area contributed by atoms with Crippen LogP contribution in [0.4, 0.5) is 0 Å². The van der Waals surface area contributed by atoms with Crippen LogP contribution in [0.1, 0.15) is 43.4 Å². The van der Waals surface area contributed by atoms with Crippen molar-refractivity contribution in [2.45, 2.75) is 45.2 Å². The average molecular weight is 246 g/mol. The number of nitrogens with one attached hydrogen (secondary N) is 2. The van der Waals surface area contributed by atoms with Gasteiger partial charge in [0.25, 0.3) is 0 Å². The molecule has 0 bridgehead atoms. The first kappa shape index (κ1) is 13.1. The van der Waals surface area contributed by atoms with Crippen LogP contribution in [0.2, 0.25) is 0 Å². The number of hydrogen-bond acceptors (Lipinski definition) is 2. The molecule has 2 rings (SSSR count). The van der Waals surface area contributed by atoms with Crippen LogP contribution in [0.3, 0.4) is 0 Å². The number of rotatable bonds is 4. The fraction of sp³-hybridized carbons (Fsp3) is 0.533. The van der Waals surface area contributed by atoms with Crippen molar-refractivity contribution in [3.63, 3.8) is 0 Å². The molecular formula is C15H22N2O. The Kier molecular flexibility index (Phi) is 4.37. The molecule has 1 aliphatic heterocycles. The molecular weight excluding hydrogens is 224 g/mol. The van der Waals surface area contributed by atoms with Crippen molar-refractivity contribution < 1.29 is 4.79 Å². The van der Waals surface area contributed by atoms with Gasteiger partial charge in [-0.1, -0.05) is 24.3 Å². The first-order valence-corrected chi connectivity index (χ1v) is 6.75. The van der Waals surface area contributed by atoms with E-state index in [0.29, 0.717) is 12.5 Å². The van der Waals surface area contributed by atoms with Crippen LogP contribution in [0.25, 0.3) is 0 Å². The highest BCUT2D eigenvalue weighted by Gasteiger charge is 2.19. The highest BCUT2D eigenvalue weighted by molar-refractivity contribution is 5.77. The first-order chi connectivity index (χ1) is 8.66. The van der Waals surface area contributed by atoms with Crippen LogP contribution in [0, 0.1) is 6.92 Å². The first-order valence-electron chi connectivity index (χ1n) is 6.75. The second-order valence-corrected chi connectivity index (χ2v) is 5.14. The van der Waals surface area contributed by atoms with Crippen molar-refractivity contribution in [2.75, 3.05) is 6.54 Å². The van der Waals surface area contributed by atoms with E-state index in [2.05, 4.69) is 29.7 Å². The third-order valence-electron chi connectivity index (χ3n) is 3.63. The molecule has 0 saturated carbocycles. The summed E-state index contributed by atoms with van der Waals surface area (Å²) < 4.78 is 0. The van der Waals surface area contributed by atoms with Crippen LogP contribution in [0.15, 0.2) is 24.3 Å². The summed E-state index contributed by atoms with van der Waals surface area (Å²) in [6, 6.07) is 8.65. The lowest BCUT2D eigenvalue weighted by Crippen LogP contribution is -2.33. The zero-order valence-corrected chi connectivity index (χ0v) is 11.2. The van der Waals surface area contributed by atoms with Gasteiger partial charge in [0.15, 0.2) is 0 Å². The van der Waals surface area contributed by atoms with E-state index in [0.717, 1.165) is 13.0 Å². The zero-order chi connectivity index (χ0) is 13.0. The Morgan fingerprint density at radius 2 is 2.28 bits per heavy atom. The lowest BCUT2D eigenvalue weighted by molar-refractivity contribution is -0.122. The fourth-order valence-electron chi connectivity index (χ4n) is 2.61. The third-order valence-corrected chi connectivity index (χ3v) is 3.63. The molecule has 0 radical (unpaired) electrons. The van der Waals surface area contributed by atoms with Gasteiger partial charge < -0.3 is 10.6 Å². The molecule has 1 aromatic rings. The highest BCUT2D eigenvalue weighted by Crippen LogP contribution is 2.17. The summed E-state index contributed by atoms with van der Waals surface area (Å²) >= 11 is 0. The molecule has 1 fully saturated rings. The topological polar surface area (TPSA) is 41.1 Å². The molecule has 2 atom stereocenters. The fourth-order valence-corrected chi connectivity index (χ4v) is 2.61. The minimum absolute atomic E-state index is 0.0834. The Bertz CT molecular complexity index is 411. The van der Waals surface area contributed by atoms with Crippen LogP contribution in [-0.2, 0) is 4.79 Å². The molecule has 1 heterocycles. The minimum Gasteiger partial charge on any atom is -0.350 e. The van der Waals surface area contributed by atoms with Crippen molar-refractivity contribution in [3.05, 3.63) is 35.4 Å². The third kappa shape index (κ3) is 3.33. The SMILES string of the molecule is Cc1ccccc1[C@H](C)NC(=O)CC1CCCN1. The second-order valence-electron chi connectivity index (χ2n) is 5.14. The maximum absolute atomic E-state index is 11.9. The quantitative estimate of drug-likeness (QED) is 0.856. The Balaban J connectivity index is 1.88. The summed E-state index contributed by atoms with van der Waals surface area (Å²) in [5.74, 6) is 0.144. The lowest BCUT2D eigenvalue weighted by atomic mass is 10.0. The van der Waals surface area contributed by atoms with E-state index in [1.165, 1.54) is 17.5 Å². The average Bonchev–Trinajstić information content (AvgIpc) is 2.82. The van der Waals surface area contributed by atoms with Crippen molar-refractivity contribution >= 4 is 5.91 Å². The lowest BCUT2D eigenvalue weighted by Gasteiger charge is -2.18. The van der Waals surface area contributed by atoms with Crippen molar-refractivity contribution in [1.82, 2.24) is 10.6 Å². The number of aryl methyl sites for hydroxylation is 1. The van der Waals surface area contributed by atoms with Gasteiger partial charge in [0.05, 0.1) is 6.04 Å². The van der Waals surface area contributed by atoms with Crippen molar-refractivity contribution in [3.8, 4) is 0 Å². The van der Waals surface area contributed by atoms with Crippen LogP contribution in [0.5, 0.6) is 0 Å². The monoisotopic (exact) mass is 246 g/mol. The summed E-state index contributed by atoms with van der Waals surface area (Å²) in [5.41, 5.74) is 2.43. The second kappa shape index (κ2) is 6.01. The summed E-state index contributed by atoms with van der Waals surface area (Å²) in [7, 11) is 0. The Morgan fingerprint density at radius 1 is 1.50 bits per heavy atom. The number of carbonyl (C=O) groups excluding carboxylic acids is 1. The van der Waals surface area contributed by atoms with E-state index < -0.39 is 0 Å². The van der Waals surface area contributed by atoms with Gasteiger partial charge in [-0.25, -0.2) is 0 Å². The molecule has 1 saturated heterocycles. The van der Waals surface area contributed by atoms with E-state index in [9.17, 15) is 4.79 Å². The van der Waals surface area contributed by atoms with E-state index >= 15 is 0 Å². The molecule has 1 aromatic carbocycles. The van der Waals surface area contributed by atoms with Crippen molar-refractivity contribution in [2.24, 2.45) is 0 Å². The normalized spacial score (nSPS) is 20.7. The summed E-state index contributed by atoms with van der Waals surface area (Å²) in [5, 5.41) is 6.44. The molecule has 2 N–H and O–H groups in total. The number of amides is 1. The maximum atomic E-state index is 11.9. The Hall–Kier alpha value is -1.35. The van der Waals surface area contributed by atoms with Gasteiger partial charge in [-0.3, -0.25) is 4.79 Å². The summed E-state index contributed by atoms with van der Waals surface area (Å²) in [6.07, 6.45) is 2.90. The highest BCUT2D eigenvalue weighted by atomic mass is 16.1. The van der Waals surface area contributed by atoms with E-state index in [4.69, 9.17) is 0 Å².